The number of rotatable bonds is 6. The molecular formula is C23H21N5O3S. The number of aromatic nitrogens is 2. The van der Waals surface area contributed by atoms with Gasteiger partial charge >= 0.3 is 5.91 Å². The summed E-state index contributed by atoms with van der Waals surface area (Å²) in [4.78, 5) is 35.7. The Morgan fingerprint density at radius 2 is 1.72 bits per heavy atom. The molecule has 0 aliphatic carbocycles. The van der Waals surface area contributed by atoms with E-state index in [4.69, 9.17) is 4.42 Å². The minimum absolute atomic E-state index is 0.136. The third-order valence-electron chi connectivity index (χ3n) is 4.71. The molecule has 8 nitrogen and oxygen atoms in total. The van der Waals surface area contributed by atoms with Crippen molar-refractivity contribution in [3.63, 3.8) is 0 Å². The van der Waals surface area contributed by atoms with Gasteiger partial charge in [-0.1, -0.05) is 36.0 Å². The van der Waals surface area contributed by atoms with Crippen molar-refractivity contribution >= 4 is 40.2 Å². The van der Waals surface area contributed by atoms with Gasteiger partial charge in [0.25, 0.3) is 5.91 Å². The van der Waals surface area contributed by atoms with Crippen molar-refractivity contribution in [1.82, 2.24) is 20.8 Å². The summed E-state index contributed by atoms with van der Waals surface area (Å²) in [6.07, 6.45) is 3.33. The van der Waals surface area contributed by atoms with E-state index in [2.05, 4.69) is 20.8 Å². The van der Waals surface area contributed by atoms with Gasteiger partial charge in [0.2, 0.25) is 0 Å². The van der Waals surface area contributed by atoms with Gasteiger partial charge in [-0.3, -0.25) is 20.4 Å². The first-order valence-electron chi connectivity index (χ1n) is 9.81. The lowest BCUT2D eigenvalue weighted by Crippen LogP contribution is -2.41. The SMILES string of the molecule is CN(C)c1cccc(C(=O)NNC(=O)c2oc3ccccc3c2CSc2ncccn2)c1. The maximum Gasteiger partial charge on any atom is 0.305 e. The number of para-hydroxylation sites is 1. The standard InChI is InChI=1S/C23H21N5O3S/c1-28(2)16-8-5-7-15(13-16)21(29)26-27-22(30)20-18(14-32-23-24-11-6-12-25-23)17-9-3-4-10-19(17)31-20/h3-13H,14H2,1-2H3,(H,26,29)(H,27,30). The number of hydrogen-bond donors (Lipinski definition) is 2. The van der Waals surface area contributed by atoms with Gasteiger partial charge in [-0.2, -0.15) is 0 Å². The lowest BCUT2D eigenvalue weighted by molar-refractivity contribution is 0.0831. The number of benzene rings is 2. The molecule has 0 aliphatic rings. The molecule has 0 radical (unpaired) electrons. The molecule has 0 aliphatic heterocycles. The Labute approximate surface area is 189 Å². The van der Waals surface area contributed by atoms with E-state index in [0.717, 1.165) is 11.1 Å². The third kappa shape index (κ3) is 4.73. The number of carbonyl (C=O) groups is 2. The molecule has 0 unspecified atom stereocenters. The Bertz CT molecular complexity index is 1260. The largest absolute Gasteiger partial charge is 0.451 e. The smallest absolute Gasteiger partial charge is 0.305 e. The van der Waals surface area contributed by atoms with E-state index in [1.807, 2.05) is 43.3 Å². The number of nitrogens with zero attached hydrogens (tertiary/aromatic N) is 3. The number of furan rings is 1. The number of hydrogen-bond acceptors (Lipinski definition) is 7. The van der Waals surface area contributed by atoms with Gasteiger partial charge < -0.3 is 9.32 Å². The molecule has 162 valence electrons. The van der Waals surface area contributed by atoms with Crippen LogP contribution in [0.3, 0.4) is 0 Å². The summed E-state index contributed by atoms with van der Waals surface area (Å²) >= 11 is 1.40. The first-order chi connectivity index (χ1) is 15.5. The summed E-state index contributed by atoms with van der Waals surface area (Å²) in [7, 11) is 3.78. The molecule has 0 saturated carbocycles. The van der Waals surface area contributed by atoms with E-state index in [1.165, 1.54) is 11.8 Å². The second kappa shape index (κ2) is 9.52. The van der Waals surface area contributed by atoms with Crippen LogP contribution < -0.4 is 15.8 Å². The van der Waals surface area contributed by atoms with Crippen LogP contribution >= 0.6 is 11.8 Å². The van der Waals surface area contributed by atoms with Crippen LogP contribution in [0, 0.1) is 0 Å². The average molecular weight is 448 g/mol. The zero-order chi connectivity index (χ0) is 22.5. The second-order valence-corrected chi connectivity index (χ2v) is 8.02. The Kier molecular flexibility index (Phi) is 6.37. The second-order valence-electron chi connectivity index (χ2n) is 7.08. The van der Waals surface area contributed by atoms with Crippen LogP contribution in [-0.2, 0) is 5.75 Å². The van der Waals surface area contributed by atoms with Crippen molar-refractivity contribution in [2.75, 3.05) is 19.0 Å². The van der Waals surface area contributed by atoms with Crippen molar-refractivity contribution in [2.24, 2.45) is 0 Å². The zero-order valence-corrected chi connectivity index (χ0v) is 18.3. The van der Waals surface area contributed by atoms with Gasteiger partial charge in [0.05, 0.1) is 0 Å². The highest BCUT2D eigenvalue weighted by Gasteiger charge is 2.21. The average Bonchev–Trinajstić information content (AvgIpc) is 3.20. The summed E-state index contributed by atoms with van der Waals surface area (Å²) in [5.74, 6) is -0.394. The van der Waals surface area contributed by atoms with Crippen molar-refractivity contribution in [2.45, 2.75) is 10.9 Å². The van der Waals surface area contributed by atoms with Crippen LogP contribution in [0.4, 0.5) is 5.69 Å². The molecule has 4 rings (SSSR count). The molecule has 2 aromatic carbocycles. The molecule has 2 aromatic heterocycles. The molecule has 2 amide bonds. The van der Waals surface area contributed by atoms with Crippen molar-refractivity contribution in [1.29, 1.82) is 0 Å². The predicted octanol–water partition coefficient (Wildman–Crippen LogP) is 3.66. The van der Waals surface area contributed by atoms with Gasteiger partial charge in [-0.05, 0) is 30.3 Å². The maximum atomic E-state index is 12.9. The summed E-state index contributed by atoms with van der Waals surface area (Å²) in [5, 5.41) is 1.42. The Balaban J connectivity index is 1.51. The van der Waals surface area contributed by atoms with E-state index < -0.39 is 11.8 Å². The highest BCUT2D eigenvalue weighted by molar-refractivity contribution is 7.98. The highest BCUT2D eigenvalue weighted by atomic mass is 32.2. The van der Waals surface area contributed by atoms with Gasteiger partial charge in [-0.15, -0.1) is 0 Å². The Morgan fingerprint density at radius 1 is 0.969 bits per heavy atom. The van der Waals surface area contributed by atoms with E-state index in [-0.39, 0.29) is 5.76 Å². The topological polar surface area (TPSA) is 100 Å². The molecule has 0 saturated heterocycles. The maximum absolute atomic E-state index is 12.9. The van der Waals surface area contributed by atoms with Crippen molar-refractivity contribution < 1.29 is 14.0 Å². The Morgan fingerprint density at radius 3 is 2.50 bits per heavy atom. The number of carbonyl (C=O) groups excluding carboxylic acids is 2. The van der Waals surface area contributed by atoms with E-state index >= 15 is 0 Å². The van der Waals surface area contributed by atoms with Crippen LogP contribution in [0.1, 0.15) is 26.5 Å². The molecular weight excluding hydrogens is 426 g/mol. The number of amides is 2. The first-order valence-corrected chi connectivity index (χ1v) is 10.8. The van der Waals surface area contributed by atoms with Gasteiger partial charge in [0, 0.05) is 54.4 Å². The molecule has 4 aromatic rings. The monoisotopic (exact) mass is 447 g/mol. The van der Waals surface area contributed by atoms with E-state index in [0.29, 0.717) is 27.6 Å². The first kappa shape index (κ1) is 21.4. The number of thioether (sulfide) groups is 1. The fourth-order valence-corrected chi connectivity index (χ4v) is 3.92. The summed E-state index contributed by atoms with van der Waals surface area (Å²) in [6, 6.07) is 16.2. The molecule has 2 heterocycles. The molecule has 0 atom stereocenters. The molecule has 0 spiro atoms. The van der Waals surface area contributed by atoms with Crippen LogP contribution in [0.15, 0.2) is 76.6 Å². The third-order valence-corrected chi connectivity index (χ3v) is 5.61. The van der Waals surface area contributed by atoms with Crippen LogP contribution in [0.25, 0.3) is 11.0 Å². The zero-order valence-electron chi connectivity index (χ0n) is 17.5. The minimum Gasteiger partial charge on any atom is -0.451 e. The minimum atomic E-state index is -0.539. The molecule has 0 fully saturated rings. The molecule has 0 bridgehead atoms. The lowest BCUT2D eigenvalue weighted by atomic mass is 10.1. The van der Waals surface area contributed by atoms with Crippen LogP contribution in [0.2, 0.25) is 0 Å². The number of nitrogens with one attached hydrogen (secondary N) is 2. The highest BCUT2D eigenvalue weighted by Crippen LogP contribution is 2.30. The summed E-state index contributed by atoms with van der Waals surface area (Å²) in [5.41, 5.74) is 7.52. The quantitative estimate of drug-likeness (QED) is 0.264. The number of hydrazine groups is 1. The van der Waals surface area contributed by atoms with Crippen LogP contribution in [0.5, 0.6) is 0 Å². The van der Waals surface area contributed by atoms with E-state index in [9.17, 15) is 9.59 Å². The molecule has 32 heavy (non-hydrogen) atoms. The summed E-state index contributed by atoms with van der Waals surface area (Å²) < 4.78 is 5.81. The molecule has 2 N–H and O–H groups in total. The summed E-state index contributed by atoms with van der Waals surface area (Å²) in [6.45, 7) is 0. The Hall–Kier alpha value is -3.85. The normalized spacial score (nSPS) is 10.7. The fourth-order valence-electron chi connectivity index (χ4n) is 3.09. The number of fused-ring (bicyclic) bond motifs is 1. The van der Waals surface area contributed by atoms with Gasteiger partial charge in [0.15, 0.2) is 10.9 Å². The predicted molar refractivity (Wildman–Crippen MR) is 124 cm³/mol. The van der Waals surface area contributed by atoms with Gasteiger partial charge in [-0.25, -0.2) is 9.97 Å². The molecule has 9 heteroatoms. The number of anilines is 1. The van der Waals surface area contributed by atoms with Crippen molar-refractivity contribution in [3.8, 4) is 0 Å². The van der Waals surface area contributed by atoms with Gasteiger partial charge in [0.1, 0.15) is 5.58 Å². The lowest BCUT2D eigenvalue weighted by Gasteiger charge is -2.13. The van der Waals surface area contributed by atoms with Crippen LogP contribution in [-0.4, -0.2) is 35.9 Å². The fraction of sp³-hybridized carbons (Fsp3) is 0.130. The van der Waals surface area contributed by atoms with E-state index in [1.54, 1.807) is 42.7 Å². The van der Waals surface area contributed by atoms with Crippen molar-refractivity contribution in [3.05, 3.63) is 83.9 Å².